The molecule has 8 heteroatoms. The van der Waals surface area contributed by atoms with E-state index in [1.807, 2.05) is 13.0 Å². The molecule has 0 atom stereocenters. The molecule has 1 heterocycles. The maximum atomic E-state index is 12.0. The average Bonchev–Trinajstić information content (AvgIpc) is 2.36. The second-order valence-electron chi connectivity index (χ2n) is 7.41. The van der Waals surface area contributed by atoms with E-state index in [1.165, 1.54) is 0 Å². The van der Waals surface area contributed by atoms with Crippen molar-refractivity contribution in [2.75, 3.05) is 0 Å². The fraction of sp³-hybridized carbons (Fsp3) is 0.529. The third kappa shape index (κ3) is 9.29. The number of aryl methyl sites for hydroxylation is 1. The van der Waals surface area contributed by atoms with Gasteiger partial charge in [-0.3, -0.25) is 10.6 Å². The van der Waals surface area contributed by atoms with Crippen molar-refractivity contribution in [1.29, 1.82) is 0 Å². The van der Waals surface area contributed by atoms with Crippen LogP contribution in [0.1, 0.15) is 47.1 Å². The van der Waals surface area contributed by atoms with E-state index in [2.05, 4.69) is 20.6 Å². The summed E-state index contributed by atoms with van der Waals surface area (Å²) >= 11 is 0. The molecule has 0 fully saturated rings. The lowest BCUT2D eigenvalue weighted by molar-refractivity contribution is 0.0545. The van der Waals surface area contributed by atoms with Gasteiger partial charge in [-0.25, -0.2) is 14.6 Å². The minimum atomic E-state index is -0.755. The molecule has 1 aromatic rings. The molecule has 2 amide bonds. The predicted octanol–water partition coefficient (Wildman–Crippen LogP) is 3.43. The minimum absolute atomic E-state index is 0.139. The number of carbonyl (C=O) groups excluding carboxylic acids is 2. The van der Waals surface area contributed by atoms with Crippen LogP contribution in [0, 0.1) is 6.92 Å². The Kier molecular flexibility index (Phi) is 6.49. The lowest BCUT2D eigenvalue weighted by atomic mass is 10.2. The summed E-state index contributed by atoms with van der Waals surface area (Å²) in [4.78, 5) is 32.1. The Morgan fingerprint density at radius 3 is 1.80 bits per heavy atom. The van der Waals surface area contributed by atoms with Crippen molar-refractivity contribution in [1.82, 2.24) is 15.6 Å². The van der Waals surface area contributed by atoms with Crippen LogP contribution < -0.4 is 10.6 Å². The van der Waals surface area contributed by atoms with Crippen molar-refractivity contribution in [2.45, 2.75) is 59.7 Å². The number of aromatic nitrogens is 1. The number of rotatable bonds is 1. The highest BCUT2D eigenvalue weighted by molar-refractivity contribution is 6.02. The molecule has 1 aromatic heterocycles. The molecule has 8 nitrogen and oxygen atoms in total. The highest BCUT2D eigenvalue weighted by Crippen LogP contribution is 2.10. The summed E-state index contributed by atoms with van der Waals surface area (Å²) in [5, 5.41) is 4.78. The number of aliphatic imine (C=N–C) groups is 1. The molecule has 0 unspecified atom stereocenters. The number of carbonyl (C=O) groups is 2. The van der Waals surface area contributed by atoms with Crippen LogP contribution in [0.4, 0.5) is 15.4 Å². The Labute approximate surface area is 148 Å². The van der Waals surface area contributed by atoms with E-state index in [0.717, 1.165) is 5.56 Å². The zero-order valence-corrected chi connectivity index (χ0v) is 15.8. The zero-order chi connectivity index (χ0) is 19.3. The molecule has 0 spiro atoms. The SMILES string of the molecule is Cc1ccc(N=C(NC(=O)OC(C)(C)C)NC(=O)OC(C)(C)C)nc1. The fourth-order valence-electron chi connectivity index (χ4n) is 1.53. The molecular weight excluding hydrogens is 324 g/mol. The molecule has 0 bridgehead atoms. The molecule has 0 aliphatic heterocycles. The first-order valence-corrected chi connectivity index (χ1v) is 7.85. The van der Waals surface area contributed by atoms with E-state index in [0.29, 0.717) is 5.82 Å². The summed E-state index contributed by atoms with van der Waals surface area (Å²) in [5.41, 5.74) is -0.424. The number of alkyl carbamates (subject to hydrolysis) is 2. The van der Waals surface area contributed by atoms with Gasteiger partial charge in [0.15, 0.2) is 5.82 Å². The minimum Gasteiger partial charge on any atom is -0.444 e. The van der Waals surface area contributed by atoms with Crippen LogP contribution in [0.3, 0.4) is 0 Å². The lowest BCUT2D eigenvalue weighted by Crippen LogP contribution is -2.47. The number of amides is 2. The van der Waals surface area contributed by atoms with Crippen LogP contribution >= 0.6 is 0 Å². The van der Waals surface area contributed by atoms with Crippen LogP contribution in [-0.4, -0.2) is 34.3 Å². The van der Waals surface area contributed by atoms with E-state index in [-0.39, 0.29) is 5.96 Å². The maximum absolute atomic E-state index is 12.0. The van der Waals surface area contributed by atoms with Gasteiger partial charge in [0, 0.05) is 6.20 Å². The number of guanidine groups is 1. The van der Waals surface area contributed by atoms with Gasteiger partial charge < -0.3 is 9.47 Å². The molecule has 0 aliphatic rings. The summed E-state index contributed by atoms with van der Waals surface area (Å²) in [6.07, 6.45) is 0.112. The highest BCUT2D eigenvalue weighted by Gasteiger charge is 2.21. The summed E-state index contributed by atoms with van der Waals surface area (Å²) in [6, 6.07) is 3.47. The summed E-state index contributed by atoms with van der Waals surface area (Å²) in [7, 11) is 0. The van der Waals surface area contributed by atoms with Crippen molar-refractivity contribution in [3.8, 4) is 0 Å². The quantitative estimate of drug-likeness (QED) is 0.597. The van der Waals surface area contributed by atoms with Gasteiger partial charge in [0.25, 0.3) is 0 Å². The molecule has 0 aromatic carbocycles. The van der Waals surface area contributed by atoms with E-state index in [1.54, 1.807) is 53.8 Å². The average molecular weight is 350 g/mol. The van der Waals surface area contributed by atoms with Crippen LogP contribution in [0.25, 0.3) is 0 Å². The molecule has 0 aliphatic carbocycles. The highest BCUT2D eigenvalue weighted by atomic mass is 16.6. The van der Waals surface area contributed by atoms with Crippen molar-refractivity contribution in [2.24, 2.45) is 4.99 Å². The summed E-state index contributed by atoms with van der Waals surface area (Å²) < 4.78 is 10.3. The molecule has 0 saturated heterocycles. The number of nitrogens with zero attached hydrogens (tertiary/aromatic N) is 2. The standard InChI is InChI=1S/C17H26N4O4/c1-11-8-9-12(18-10-11)19-13(20-14(22)24-16(2,3)4)21-15(23)25-17(5,6)7/h8-10H,1-7H3,(H2,18,19,20,21,22,23). The monoisotopic (exact) mass is 350 g/mol. The number of hydrogen-bond donors (Lipinski definition) is 2. The van der Waals surface area contributed by atoms with Crippen molar-refractivity contribution >= 4 is 24.0 Å². The Bertz CT molecular complexity index is 608. The van der Waals surface area contributed by atoms with E-state index >= 15 is 0 Å². The van der Waals surface area contributed by atoms with E-state index < -0.39 is 23.4 Å². The molecule has 25 heavy (non-hydrogen) atoms. The third-order valence-corrected chi connectivity index (χ3v) is 2.36. The Hall–Kier alpha value is -2.64. The number of nitrogens with one attached hydrogen (secondary N) is 2. The molecule has 1 rings (SSSR count). The van der Waals surface area contributed by atoms with Gasteiger partial charge in [-0.1, -0.05) is 6.07 Å². The van der Waals surface area contributed by atoms with Gasteiger partial charge in [-0.15, -0.1) is 0 Å². The van der Waals surface area contributed by atoms with Gasteiger partial charge >= 0.3 is 12.2 Å². The van der Waals surface area contributed by atoms with Gasteiger partial charge in [-0.2, -0.15) is 4.99 Å². The summed E-state index contributed by atoms with van der Waals surface area (Å²) in [6.45, 7) is 12.3. The van der Waals surface area contributed by atoms with Crippen LogP contribution in [0.15, 0.2) is 23.3 Å². The van der Waals surface area contributed by atoms with Crippen molar-refractivity contribution in [3.05, 3.63) is 23.9 Å². The predicted molar refractivity (Wildman–Crippen MR) is 94.8 cm³/mol. The first-order chi connectivity index (χ1) is 11.3. The molecule has 2 N–H and O–H groups in total. The van der Waals surface area contributed by atoms with Crippen molar-refractivity contribution in [3.63, 3.8) is 0 Å². The first kappa shape index (κ1) is 20.4. The maximum Gasteiger partial charge on any atom is 0.414 e. The van der Waals surface area contributed by atoms with Gasteiger partial charge in [0.05, 0.1) is 0 Å². The zero-order valence-electron chi connectivity index (χ0n) is 15.8. The number of ether oxygens (including phenoxy) is 2. The summed E-state index contributed by atoms with van der Waals surface area (Å²) in [5.74, 6) is 0.174. The van der Waals surface area contributed by atoms with Gasteiger partial charge in [-0.05, 0) is 60.1 Å². The number of hydrogen-bond acceptors (Lipinski definition) is 6. The smallest absolute Gasteiger partial charge is 0.414 e. The van der Waals surface area contributed by atoms with Gasteiger partial charge in [0.2, 0.25) is 5.96 Å². The molecule has 0 radical (unpaired) electrons. The Balaban J connectivity index is 2.95. The molecule has 138 valence electrons. The van der Waals surface area contributed by atoms with Gasteiger partial charge in [0.1, 0.15) is 11.2 Å². The van der Waals surface area contributed by atoms with Crippen LogP contribution in [0.5, 0.6) is 0 Å². The van der Waals surface area contributed by atoms with Crippen LogP contribution in [-0.2, 0) is 9.47 Å². The second-order valence-corrected chi connectivity index (χ2v) is 7.41. The largest absolute Gasteiger partial charge is 0.444 e. The second kappa shape index (κ2) is 7.96. The van der Waals surface area contributed by atoms with E-state index in [4.69, 9.17) is 9.47 Å². The van der Waals surface area contributed by atoms with Crippen molar-refractivity contribution < 1.29 is 19.1 Å². The Morgan fingerprint density at radius 1 is 0.960 bits per heavy atom. The third-order valence-electron chi connectivity index (χ3n) is 2.36. The fourth-order valence-corrected chi connectivity index (χ4v) is 1.53. The lowest BCUT2D eigenvalue weighted by Gasteiger charge is -2.22. The molecular formula is C17H26N4O4. The first-order valence-electron chi connectivity index (χ1n) is 7.85. The molecule has 0 saturated carbocycles. The topological polar surface area (TPSA) is 102 Å². The Morgan fingerprint density at radius 2 is 1.44 bits per heavy atom. The normalized spacial score (nSPS) is 11.3. The van der Waals surface area contributed by atoms with Crippen LogP contribution in [0.2, 0.25) is 0 Å². The number of pyridine rings is 1. The van der Waals surface area contributed by atoms with E-state index in [9.17, 15) is 9.59 Å².